The summed E-state index contributed by atoms with van der Waals surface area (Å²) in [6, 6.07) is 8.62. The third kappa shape index (κ3) is 8.12. The molecular formula is C48H56N6O11. The first-order valence-corrected chi connectivity index (χ1v) is 22.2. The molecule has 2 aromatic rings. The van der Waals surface area contributed by atoms with Gasteiger partial charge >= 0.3 is 0 Å². The number of ether oxygens (including phenoxy) is 2. The number of ketones is 2. The van der Waals surface area contributed by atoms with Crippen LogP contribution >= 0.6 is 0 Å². The zero-order valence-corrected chi connectivity index (χ0v) is 37.0. The van der Waals surface area contributed by atoms with Gasteiger partial charge in [0.15, 0.2) is 23.5 Å². The third-order valence-corrected chi connectivity index (χ3v) is 14.9. The van der Waals surface area contributed by atoms with Crippen molar-refractivity contribution in [3.8, 4) is 0 Å². The van der Waals surface area contributed by atoms with Crippen LogP contribution in [-0.4, -0.2) is 104 Å². The summed E-state index contributed by atoms with van der Waals surface area (Å²) in [5, 5.41) is 33.5. The predicted octanol–water partition coefficient (Wildman–Crippen LogP) is 3.12. The molecule has 6 aliphatic rings. The summed E-state index contributed by atoms with van der Waals surface area (Å²) in [5.74, 6) is -2.65. The maximum atomic E-state index is 13.9. The van der Waals surface area contributed by atoms with E-state index in [1.807, 2.05) is 38.1 Å². The molecule has 65 heavy (non-hydrogen) atoms. The summed E-state index contributed by atoms with van der Waals surface area (Å²) in [7, 11) is 0. The Morgan fingerprint density at radius 1 is 0.938 bits per heavy atom. The van der Waals surface area contributed by atoms with E-state index >= 15 is 0 Å². The van der Waals surface area contributed by atoms with E-state index in [4.69, 9.17) is 9.47 Å². The molecule has 0 spiro atoms. The molecule has 3 saturated carbocycles. The van der Waals surface area contributed by atoms with Crippen molar-refractivity contribution in [3.63, 3.8) is 0 Å². The lowest BCUT2D eigenvalue weighted by molar-refractivity contribution is -0.201. The Bertz CT molecular complexity index is 2370. The van der Waals surface area contributed by atoms with Gasteiger partial charge in [0.25, 0.3) is 11.8 Å². The van der Waals surface area contributed by atoms with Crippen molar-refractivity contribution in [1.82, 2.24) is 20.5 Å². The summed E-state index contributed by atoms with van der Waals surface area (Å²) >= 11 is 0. The second kappa shape index (κ2) is 17.5. The van der Waals surface area contributed by atoms with E-state index in [1.54, 1.807) is 36.5 Å². The Balaban J connectivity index is 0.841. The van der Waals surface area contributed by atoms with Crippen LogP contribution in [0.2, 0.25) is 0 Å². The highest BCUT2D eigenvalue weighted by atomic mass is 16.7. The number of benzene rings is 1. The number of pyridine rings is 1. The molecular weight excluding hydrogens is 837 g/mol. The number of rotatable bonds is 14. The largest absolute Gasteiger partial charge is 0.393 e. The minimum absolute atomic E-state index is 0.0216. The molecule has 17 heteroatoms. The molecule has 5 amide bonds. The highest BCUT2D eigenvalue weighted by Crippen LogP contribution is 2.70. The fourth-order valence-electron chi connectivity index (χ4n) is 11.5. The number of hydrogen-bond acceptors (Lipinski definition) is 13. The monoisotopic (exact) mass is 892 g/mol. The molecule has 4 fully saturated rings. The molecule has 0 bridgehead atoms. The first kappa shape index (κ1) is 45.7. The number of anilines is 2. The number of amides is 5. The molecule has 3 heterocycles. The van der Waals surface area contributed by atoms with Gasteiger partial charge in [-0.25, -0.2) is 4.98 Å². The number of carbonyl (C=O) groups excluding carboxylic acids is 7. The lowest BCUT2D eigenvalue weighted by Crippen LogP contribution is -2.63. The number of fused-ring (bicyclic) bond motifs is 7. The van der Waals surface area contributed by atoms with E-state index in [0.29, 0.717) is 23.5 Å². The maximum Gasteiger partial charge on any atom is 0.253 e. The van der Waals surface area contributed by atoms with Crippen molar-refractivity contribution in [1.29, 1.82) is 0 Å². The number of allylic oxidation sites excluding steroid dienone is 4. The van der Waals surface area contributed by atoms with Gasteiger partial charge in [-0.1, -0.05) is 37.6 Å². The van der Waals surface area contributed by atoms with E-state index in [-0.39, 0.29) is 49.0 Å². The van der Waals surface area contributed by atoms with Gasteiger partial charge < -0.3 is 41.0 Å². The fourth-order valence-corrected chi connectivity index (χ4v) is 11.5. The van der Waals surface area contributed by atoms with Crippen LogP contribution in [-0.2, 0) is 43.0 Å². The van der Waals surface area contributed by atoms with Crippen molar-refractivity contribution < 1.29 is 53.2 Å². The van der Waals surface area contributed by atoms with Crippen LogP contribution in [0, 0.1) is 28.6 Å². The zero-order chi connectivity index (χ0) is 46.6. The summed E-state index contributed by atoms with van der Waals surface area (Å²) < 4.78 is 13.3. The van der Waals surface area contributed by atoms with Gasteiger partial charge in [0, 0.05) is 65.4 Å². The molecule has 17 nitrogen and oxygen atoms in total. The minimum atomic E-state index is -1.47. The molecule has 4 aliphatic carbocycles. The van der Waals surface area contributed by atoms with E-state index in [1.165, 1.54) is 13.8 Å². The number of nitrogens with zero attached hydrogens (tertiary/aromatic N) is 2. The Hall–Kier alpha value is -5.88. The van der Waals surface area contributed by atoms with E-state index in [9.17, 15) is 43.8 Å². The van der Waals surface area contributed by atoms with Crippen molar-refractivity contribution >= 4 is 52.6 Å². The Morgan fingerprint density at radius 3 is 2.32 bits per heavy atom. The van der Waals surface area contributed by atoms with Crippen LogP contribution in [0.5, 0.6) is 0 Å². The lowest BCUT2D eigenvalue weighted by Gasteiger charge is -2.59. The average Bonchev–Trinajstić information content (AvgIpc) is 3.90. The summed E-state index contributed by atoms with van der Waals surface area (Å²) in [6.07, 6.45) is 8.93. The molecule has 1 saturated heterocycles. The smallest absolute Gasteiger partial charge is 0.253 e. The average molecular weight is 893 g/mol. The first-order valence-electron chi connectivity index (χ1n) is 22.2. The van der Waals surface area contributed by atoms with Gasteiger partial charge in [-0.3, -0.25) is 38.5 Å². The van der Waals surface area contributed by atoms with Crippen LogP contribution < -0.4 is 21.3 Å². The second-order valence-electron chi connectivity index (χ2n) is 18.7. The molecule has 6 N–H and O–H groups in total. The van der Waals surface area contributed by atoms with Gasteiger partial charge in [-0.15, -0.1) is 0 Å². The molecule has 2 aliphatic heterocycles. The van der Waals surface area contributed by atoms with E-state index in [0.717, 1.165) is 41.0 Å². The van der Waals surface area contributed by atoms with Crippen LogP contribution in [0.25, 0.3) is 0 Å². The van der Waals surface area contributed by atoms with Gasteiger partial charge in [0.1, 0.15) is 24.5 Å². The number of Topliss-reactive ketones (excluding diaryl/α,β-unsaturated/α-hetero) is 1. The summed E-state index contributed by atoms with van der Waals surface area (Å²) in [4.78, 5) is 93.1. The minimum Gasteiger partial charge on any atom is -0.393 e. The molecule has 12 atom stereocenters. The van der Waals surface area contributed by atoms with Crippen molar-refractivity contribution in [2.45, 2.75) is 109 Å². The highest BCUT2D eigenvalue weighted by Gasteiger charge is 2.76. The maximum absolute atomic E-state index is 13.9. The Kier molecular flexibility index (Phi) is 12.3. The Labute approximate surface area is 376 Å². The SMILES string of the molecule is C[C@H](NC(=O)CCN1C(=O)C=CC1=O)C(=O)N[C@@H](C)C(=O)Nc1ccc([C@@H](C)Nc2ccc([C@@H]3O[C@@H]4CC5[C@@H]6CCC7=CC(=O)C=C[C@]7(C)C6[C@@H](O)C[C@]5(C)[C@]4(C(=O)CO)O3)cn2)cc1. The lowest BCUT2D eigenvalue weighted by atomic mass is 9.46. The molecule has 8 rings (SSSR count). The highest BCUT2D eigenvalue weighted by molar-refractivity contribution is 6.13. The van der Waals surface area contributed by atoms with Crippen LogP contribution in [0.4, 0.5) is 11.5 Å². The van der Waals surface area contributed by atoms with E-state index in [2.05, 4.69) is 33.2 Å². The standard InChI is InChI=1S/C48H56N6O11/c1-25(28-6-10-31(11-7-28)53-44(63)27(3)52-43(62)26(2)51-39(59)17-19-54-40(60)14-15-41(54)61)50-38-13-8-29(23-49-38)45-64-37-21-34-33-12-9-30-20-32(56)16-18-46(30,4)42(33)35(57)22-47(34,5)48(37,65-45)36(58)24-55/h6-8,10-11,13-16,18,20,23,25-27,33-35,37,42,45,55,57H,9,12,17,19,21-22,24H2,1-5H3,(H,49,50)(H,51,59)(H,52,62)(H,53,63)/t25-,26+,27+,33+,34?,35+,37-,42?,45-,46+,47+,48-/m1/s1. The molecule has 344 valence electrons. The first-order chi connectivity index (χ1) is 30.9. The summed E-state index contributed by atoms with van der Waals surface area (Å²) in [5.41, 5.74) is 0.264. The number of imide groups is 1. The number of hydrogen-bond donors (Lipinski definition) is 6. The number of nitrogens with one attached hydrogen (secondary N) is 4. The van der Waals surface area contributed by atoms with Crippen molar-refractivity contribution in [2.75, 3.05) is 23.8 Å². The second-order valence-corrected chi connectivity index (χ2v) is 18.7. The molecule has 1 aromatic carbocycles. The zero-order valence-electron chi connectivity index (χ0n) is 37.0. The van der Waals surface area contributed by atoms with Crippen molar-refractivity contribution in [3.05, 3.63) is 89.7 Å². The predicted molar refractivity (Wildman–Crippen MR) is 234 cm³/mol. The van der Waals surface area contributed by atoms with Crippen molar-refractivity contribution in [2.24, 2.45) is 28.6 Å². The van der Waals surface area contributed by atoms with Gasteiger partial charge in [-0.2, -0.15) is 0 Å². The topological polar surface area (TPSA) is 243 Å². The normalized spacial score (nSPS) is 32.3. The van der Waals surface area contributed by atoms with Crippen LogP contribution in [0.3, 0.4) is 0 Å². The quantitative estimate of drug-likeness (QED) is 0.150. The number of aliphatic hydroxyl groups is 2. The molecule has 1 aromatic heterocycles. The van der Waals surface area contributed by atoms with E-state index < -0.39 is 88.9 Å². The Morgan fingerprint density at radius 2 is 1.65 bits per heavy atom. The van der Waals surface area contributed by atoms with Gasteiger partial charge in [0.05, 0.1) is 12.2 Å². The van der Waals surface area contributed by atoms with Crippen LogP contribution in [0.15, 0.2) is 78.5 Å². The van der Waals surface area contributed by atoms with Gasteiger partial charge in [-0.05, 0) is 100 Å². The number of aromatic nitrogens is 1. The third-order valence-electron chi connectivity index (χ3n) is 14.9. The number of carbonyl (C=O) groups is 7. The fraction of sp³-hybridized carbons (Fsp3) is 0.500. The molecule has 0 radical (unpaired) electrons. The summed E-state index contributed by atoms with van der Waals surface area (Å²) in [6.45, 7) is 8.18. The number of aliphatic hydroxyl groups excluding tert-OH is 2. The molecule has 2 unspecified atom stereocenters. The van der Waals surface area contributed by atoms with Crippen LogP contribution in [0.1, 0.15) is 90.2 Å². The van der Waals surface area contributed by atoms with Gasteiger partial charge in [0.2, 0.25) is 17.7 Å².